The molecule has 3 rings (SSSR count). The third kappa shape index (κ3) is 2.75. The molecule has 0 spiro atoms. The maximum Gasteiger partial charge on any atom is 0.0928 e. The van der Waals surface area contributed by atoms with Crippen LogP contribution in [0.25, 0.3) is 23.1 Å². The number of hydrogen-bond acceptors (Lipinski definition) is 2. The third-order valence-electron chi connectivity index (χ3n) is 4.00. The van der Waals surface area contributed by atoms with Gasteiger partial charge in [0.05, 0.1) is 11.2 Å². The predicted molar refractivity (Wildman–Crippen MR) is 95.1 cm³/mol. The van der Waals surface area contributed by atoms with E-state index in [1.165, 1.54) is 16.7 Å². The summed E-state index contributed by atoms with van der Waals surface area (Å²) in [6, 6.07) is 12.9. The van der Waals surface area contributed by atoms with E-state index in [9.17, 15) is 0 Å². The Hall–Kier alpha value is -2.55. The maximum atomic E-state index is 4.43. The number of aromatic amines is 1. The molecule has 0 saturated heterocycles. The van der Waals surface area contributed by atoms with Crippen LogP contribution in [-0.2, 0) is 6.42 Å². The molecule has 0 saturated carbocycles. The second-order valence-corrected chi connectivity index (χ2v) is 5.50. The van der Waals surface area contributed by atoms with Gasteiger partial charge in [0, 0.05) is 18.1 Å². The summed E-state index contributed by atoms with van der Waals surface area (Å²) < 4.78 is 0. The molecule has 22 heavy (non-hydrogen) atoms. The van der Waals surface area contributed by atoms with E-state index < -0.39 is 0 Å². The van der Waals surface area contributed by atoms with Crippen LogP contribution in [0.1, 0.15) is 29.3 Å². The van der Waals surface area contributed by atoms with Gasteiger partial charge in [-0.05, 0) is 48.2 Å². The quantitative estimate of drug-likeness (QED) is 0.735. The molecule has 1 heterocycles. The molecule has 0 fully saturated rings. The molecule has 0 aliphatic carbocycles. The van der Waals surface area contributed by atoms with E-state index in [2.05, 4.69) is 77.9 Å². The van der Waals surface area contributed by atoms with Gasteiger partial charge >= 0.3 is 0 Å². The Labute approximate surface area is 131 Å². The zero-order valence-electron chi connectivity index (χ0n) is 13.3. The van der Waals surface area contributed by atoms with Crippen molar-refractivity contribution in [3.05, 3.63) is 58.8 Å². The van der Waals surface area contributed by atoms with Crippen LogP contribution in [0.4, 0.5) is 5.69 Å². The number of fused-ring (bicyclic) bond motifs is 1. The van der Waals surface area contributed by atoms with Gasteiger partial charge in [-0.2, -0.15) is 5.10 Å². The Bertz CT molecular complexity index is 828. The zero-order valence-corrected chi connectivity index (χ0v) is 13.3. The molecule has 3 aromatic rings. The lowest BCUT2D eigenvalue weighted by Gasteiger charge is -2.04. The SMILES string of the molecule is CCc1cccc(/C=C/c2n[nH]c3cc(C)c(NC)cc23)c1. The van der Waals surface area contributed by atoms with Crippen LogP contribution in [0, 0.1) is 6.92 Å². The van der Waals surface area contributed by atoms with Crippen molar-refractivity contribution in [2.45, 2.75) is 20.3 Å². The number of anilines is 1. The van der Waals surface area contributed by atoms with Crippen molar-refractivity contribution in [2.75, 3.05) is 12.4 Å². The van der Waals surface area contributed by atoms with Crippen LogP contribution < -0.4 is 5.32 Å². The molecule has 0 amide bonds. The Morgan fingerprint density at radius 1 is 1.18 bits per heavy atom. The minimum Gasteiger partial charge on any atom is -0.388 e. The Balaban J connectivity index is 1.98. The Morgan fingerprint density at radius 2 is 2.05 bits per heavy atom. The molecule has 0 aliphatic heterocycles. The molecule has 2 aromatic carbocycles. The third-order valence-corrected chi connectivity index (χ3v) is 4.00. The molecule has 3 nitrogen and oxygen atoms in total. The number of aromatic nitrogens is 2. The van der Waals surface area contributed by atoms with Crippen molar-refractivity contribution < 1.29 is 0 Å². The minimum absolute atomic E-state index is 0.966. The van der Waals surface area contributed by atoms with Gasteiger partial charge in [-0.25, -0.2) is 0 Å². The molecule has 0 bridgehead atoms. The lowest BCUT2D eigenvalue weighted by Crippen LogP contribution is -1.91. The largest absolute Gasteiger partial charge is 0.388 e. The van der Waals surface area contributed by atoms with Crippen molar-refractivity contribution in [3.8, 4) is 0 Å². The van der Waals surface area contributed by atoms with E-state index in [1.54, 1.807) is 0 Å². The average Bonchev–Trinajstić information content (AvgIpc) is 2.94. The summed E-state index contributed by atoms with van der Waals surface area (Å²) in [5.41, 5.74) is 6.94. The van der Waals surface area contributed by atoms with Crippen LogP contribution >= 0.6 is 0 Å². The number of nitrogens with zero attached hydrogens (tertiary/aromatic N) is 1. The lowest BCUT2D eigenvalue weighted by molar-refractivity contribution is 1.11. The molecule has 3 heteroatoms. The van der Waals surface area contributed by atoms with Crippen molar-refractivity contribution in [1.82, 2.24) is 10.2 Å². The first kappa shape index (κ1) is 14.4. The first-order valence-electron chi connectivity index (χ1n) is 7.64. The van der Waals surface area contributed by atoms with Crippen LogP contribution in [0.2, 0.25) is 0 Å². The smallest absolute Gasteiger partial charge is 0.0928 e. The van der Waals surface area contributed by atoms with Crippen LogP contribution in [0.3, 0.4) is 0 Å². The number of rotatable bonds is 4. The van der Waals surface area contributed by atoms with Crippen molar-refractivity contribution in [2.24, 2.45) is 0 Å². The number of H-pyrrole nitrogens is 1. The second kappa shape index (κ2) is 6.06. The number of aryl methyl sites for hydroxylation is 2. The van der Waals surface area contributed by atoms with Gasteiger partial charge in [0.1, 0.15) is 0 Å². The number of benzene rings is 2. The maximum absolute atomic E-state index is 4.43. The normalized spacial score (nSPS) is 11.4. The van der Waals surface area contributed by atoms with Crippen molar-refractivity contribution in [1.29, 1.82) is 0 Å². The highest BCUT2D eigenvalue weighted by atomic mass is 15.1. The van der Waals surface area contributed by atoms with Gasteiger partial charge in [0.15, 0.2) is 0 Å². The molecule has 0 atom stereocenters. The van der Waals surface area contributed by atoms with Gasteiger partial charge in [-0.1, -0.05) is 37.3 Å². The van der Waals surface area contributed by atoms with Crippen LogP contribution in [0.15, 0.2) is 36.4 Å². The summed E-state index contributed by atoms with van der Waals surface area (Å²) in [6.45, 7) is 4.27. The van der Waals surface area contributed by atoms with Gasteiger partial charge in [-0.3, -0.25) is 5.10 Å². The molecule has 0 aliphatic rings. The van der Waals surface area contributed by atoms with E-state index >= 15 is 0 Å². The Morgan fingerprint density at radius 3 is 2.82 bits per heavy atom. The first-order valence-corrected chi connectivity index (χ1v) is 7.64. The highest BCUT2D eigenvalue weighted by Gasteiger charge is 2.06. The highest BCUT2D eigenvalue weighted by molar-refractivity contribution is 5.92. The van der Waals surface area contributed by atoms with Crippen molar-refractivity contribution in [3.63, 3.8) is 0 Å². The van der Waals surface area contributed by atoms with Gasteiger partial charge in [0.25, 0.3) is 0 Å². The van der Waals surface area contributed by atoms with Crippen molar-refractivity contribution >= 4 is 28.7 Å². The number of nitrogens with one attached hydrogen (secondary N) is 2. The summed E-state index contributed by atoms with van der Waals surface area (Å²) in [7, 11) is 1.94. The Kier molecular flexibility index (Phi) is 3.96. The summed E-state index contributed by atoms with van der Waals surface area (Å²) in [6.07, 6.45) is 5.24. The fraction of sp³-hybridized carbons (Fsp3) is 0.211. The summed E-state index contributed by atoms with van der Waals surface area (Å²) in [4.78, 5) is 0. The highest BCUT2D eigenvalue weighted by Crippen LogP contribution is 2.25. The van der Waals surface area contributed by atoms with E-state index in [0.717, 1.165) is 28.7 Å². The zero-order chi connectivity index (χ0) is 15.5. The second-order valence-electron chi connectivity index (χ2n) is 5.50. The standard InChI is InChI=1S/C19H21N3/c1-4-14-6-5-7-15(11-14)8-9-17-16-12-18(20-3)13(2)10-19(16)22-21-17/h5-12,20H,4H2,1-3H3,(H,21,22)/b9-8+. The summed E-state index contributed by atoms with van der Waals surface area (Å²) in [5.74, 6) is 0. The van der Waals surface area contributed by atoms with Gasteiger partial charge in [-0.15, -0.1) is 0 Å². The fourth-order valence-electron chi connectivity index (χ4n) is 2.68. The van der Waals surface area contributed by atoms with Gasteiger partial charge in [0.2, 0.25) is 0 Å². The predicted octanol–water partition coefficient (Wildman–Crippen LogP) is 4.65. The average molecular weight is 291 g/mol. The summed E-state index contributed by atoms with van der Waals surface area (Å²) >= 11 is 0. The monoisotopic (exact) mass is 291 g/mol. The molecular weight excluding hydrogens is 270 g/mol. The van der Waals surface area contributed by atoms with E-state index in [-0.39, 0.29) is 0 Å². The minimum atomic E-state index is 0.966. The molecule has 0 unspecified atom stereocenters. The molecule has 1 aromatic heterocycles. The van der Waals surface area contributed by atoms with E-state index in [4.69, 9.17) is 0 Å². The van der Waals surface area contributed by atoms with Crippen LogP contribution in [-0.4, -0.2) is 17.2 Å². The van der Waals surface area contributed by atoms with E-state index in [1.807, 2.05) is 7.05 Å². The molecule has 112 valence electrons. The van der Waals surface area contributed by atoms with E-state index in [0.29, 0.717) is 0 Å². The molecule has 2 N–H and O–H groups in total. The van der Waals surface area contributed by atoms with Gasteiger partial charge < -0.3 is 5.32 Å². The lowest BCUT2D eigenvalue weighted by atomic mass is 10.1. The molecule has 0 radical (unpaired) electrons. The summed E-state index contributed by atoms with van der Waals surface area (Å²) in [5, 5.41) is 11.9. The fourth-order valence-corrected chi connectivity index (χ4v) is 2.68. The number of hydrogen-bond donors (Lipinski definition) is 2. The molecular formula is C19H21N3. The topological polar surface area (TPSA) is 40.7 Å². The van der Waals surface area contributed by atoms with Crippen LogP contribution in [0.5, 0.6) is 0 Å². The first-order chi connectivity index (χ1) is 10.7.